The number of carbonyl (C=O) groups is 2. The molecule has 1 aliphatic rings. The van der Waals surface area contributed by atoms with Crippen molar-refractivity contribution >= 4 is 11.7 Å². The fraction of sp³-hybridized carbons (Fsp3) is 0.375. The largest absolute Gasteiger partial charge is 0.503 e. The van der Waals surface area contributed by atoms with Crippen molar-refractivity contribution in [3.8, 4) is 0 Å². The molecule has 1 N–H and O–H groups in total. The maximum absolute atomic E-state index is 12.4. The van der Waals surface area contributed by atoms with Crippen molar-refractivity contribution < 1.29 is 19.1 Å². The summed E-state index contributed by atoms with van der Waals surface area (Å²) in [5.41, 5.74) is 0.116. The molecule has 2 heterocycles. The molecule has 0 saturated heterocycles. The Kier molecular flexibility index (Phi) is 4.31. The van der Waals surface area contributed by atoms with Gasteiger partial charge in [-0.25, -0.2) is 0 Å². The number of Topliss-reactive ketones (excluding diaryl/α,β-unsaturated/α-hetero) is 1. The first-order valence-corrected chi connectivity index (χ1v) is 6.89. The molecule has 5 nitrogen and oxygen atoms in total. The summed E-state index contributed by atoms with van der Waals surface area (Å²) in [6.45, 7) is 7.66. The molecule has 0 aliphatic carbocycles. The normalized spacial score (nSPS) is 18.7. The second-order valence-corrected chi connectivity index (χ2v) is 5.45. The Morgan fingerprint density at radius 1 is 1.57 bits per heavy atom. The van der Waals surface area contributed by atoms with Crippen molar-refractivity contribution in [2.45, 2.75) is 26.3 Å². The van der Waals surface area contributed by atoms with Crippen LogP contribution in [0, 0.1) is 5.92 Å². The van der Waals surface area contributed by atoms with Crippen LogP contribution in [0.1, 0.15) is 32.1 Å². The third-order valence-corrected chi connectivity index (χ3v) is 3.34. The zero-order valence-corrected chi connectivity index (χ0v) is 12.2. The third kappa shape index (κ3) is 2.77. The van der Waals surface area contributed by atoms with Gasteiger partial charge in [-0.1, -0.05) is 19.9 Å². The number of hydrogen-bond acceptors (Lipinski definition) is 4. The van der Waals surface area contributed by atoms with E-state index in [9.17, 15) is 14.7 Å². The number of furan rings is 1. The minimum atomic E-state index is -0.684. The lowest BCUT2D eigenvalue weighted by Gasteiger charge is -2.23. The zero-order chi connectivity index (χ0) is 15.6. The van der Waals surface area contributed by atoms with E-state index in [4.69, 9.17) is 4.42 Å². The molecule has 1 atom stereocenters. The van der Waals surface area contributed by atoms with E-state index in [0.717, 1.165) is 0 Å². The fourth-order valence-corrected chi connectivity index (χ4v) is 2.49. The number of aliphatic hydroxyl groups excluding tert-OH is 1. The molecule has 0 radical (unpaired) electrons. The molecule has 2 rings (SSSR count). The number of rotatable bonds is 6. The van der Waals surface area contributed by atoms with Gasteiger partial charge in [-0.05, 0) is 18.1 Å². The van der Waals surface area contributed by atoms with Gasteiger partial charge in [0.25, 0.3) is 5.91 Å². The van der Waals surface area contributed by atoms with Gasteiger partial charge in [0.05, 0.1) is 11.8 Å². The molecule has 0 spiro atoms. The first-order valence-electron chi connectivity index (χ1n) is 6.89. The van der Waals surface area contributed by atoms with Crippen LogP contribution >= 0.6 is 0 Å². The van der Waals surface area contributed by atoms with E-state index >= 15 is 0 Å². The molecule has 1 unspecified atom stereocenters. The second kappa shape index (κ2) is 5.99. The Labute approximate surface area is 123 Å². The maximum atomic E-state index is 12.4. The number of nitrogens with zero attached hydrogens (tertiary/aromatic N) is 1. The summed E-state index contributed by atoms with van der Waals surface area (Å²) in [7, 11) is 0. The zero-order valence-electron chi connectivity index (χ0n) is 12.2. The average molecular weight is 289 g/mol. The number of ketones is 1. The van der Waals surface area contributed by atoms with Crippen LogP contribution in [0.4, 0.5) is 0 Å². The van der Waals surface area contributed by atoms with Gasteiger partial charge in [0.2, 0.25) is 0 Å². The number of hydrogen-bond donors (Lipinski definition) is 1. The van der Waals surface area contributed by atoms with Crippen LogP contribution in [0.5, 0.6) is 0 Å². The molecule has 5 heteroatoms. The van der Waals surface area contributed by atoms with Gasteiger partial charge in [-0.2, -0.15) is 0 Å². The van der Waals surface area contributed by atoms with Gasteiger partial charge in [-0.15, -0.1) is 6.58 Å². The number of carbonyl (C=O) groups excluding carboxylic acids is 2. The van der Waals surface area contributed by atoms with E-state index in [1.165, 1.54) is 11.2 Å². The summed E-state index contributed by atoms with van der Waals surface area (Å²) in [4.78, 5) is 26.0. The molecule has 112 valence electrons. The maximum Gasteiger partial charge on any atom is 0.290 e. The highest BCUT2D eigenvalue weighted by Crippen LogP contribution is 2.38. The summed E-state index contributed by atoms with van der Waals surface area (Å²) >= 11 is 0. The summed E-state index contributed by atoms with van der Waals surface area (Å²) in [6.07, 6.45) is 3.30. The molecular formula is C16H19NO4. The van der Waals surface area contributed by atoms with Crippen LogP contribution in [-0.2, 0) is 9.59 Å². The van der Waals surface area contributed by atoms with E-state index in [1.54, 1.807) is 18.2 Å². The first-order chi connectivity index (χ1) is 9.97. The SMILES string of the molecule is C=CCN1C(=O)C(O)=C(C(=O)CC(C)C)C1c1ccco1. The lowest BCUT2D eigenvalue weighted by Crippen LogP contribution is -2.31. The van der Waals surface area contributed by atoms with E-state index in [2.05, 4.69) is 6.58 Å². The summed E-state index contributed by atoms with van der Waals surface area (Å²) in [5.74, 6) is -0.684. The first kappa shape index (κ1) is 15.1. The molecule has 0 fully saturated rings. The van der Waals surface area contributed by atoms with Crippen LogP contribution in [0.3, 0.4) is 0 Å². The lowest BCUT2D eigenvalue weighted by atomic mass is 9.95. The van der Waals surface area contributed by atoms with E-state index in [-0.39, 0.29) is 30.2 Å². The Morgan fingerprint density at radius 2 is 2.29 bits per heavy atom. The van der Waals surface area contributed by atoms with E-state index < -0.39 is 17.7 Å². The summed E-state index contributed by atoms with van der Waals surface area (Å²) in [5, 5.41) is 10.1. The topological polar surface area (TPSA) is 70.8 Å². The Bertz CT molecular complexity index is 583. The fourth-order valence-electron chi connectivity index (χ4n) is 2.49. The van der Waals surface area contributed by atoms with Gasteiger partial charge < -0.3 is 14.4 Å². The van der Waals surface area contributed by atoms with Gasteiger partial charge in [0.1, 0.15) is 11.8 Å². The number of amides is 1. The van der Waals surface area contributed by atoms with Crippen LogP contribution < -0.4 is 0 Å². The molecular weight excluding hydrogens is 270 g/mol. The highest BCUT2D eigenvalue weighted by molar-refractivity contribution is 6.08. The number of aliphatic hydroxyl groups is 1. The lowest BCUT2D eigenvalue weighted by molar-refractivity contribution is -0.129. The van der Waals surface area contributed by atoms with Gasteiger partial charge in [0, 0.05) is 13.0 Å². The molecule has 1 aromatic rings. The van der Waals surface area contributed by atoms with Crippen molar-refractivity contribution in [3.63, 3.8) is 0 Å². The van der Waals surface area contributed by atoms with Gasteiger partial charge in [0.15, 0.2) is 11.5 Å². The summed E-state index contributed by atoms with van der Waals surface area (Å²) in [6, 6.07) is 2.69. The monoisotopic (exact) mass is 289 g/mol. The third-order valence-electron chi connectivity index (χ3n) is 3.34. The molecule has 1 amide bonds. The molecule has 21 heavy (non-hydrogen) atoms. The second-order valence-electron chi connectivity index (χ2n) is 5.45. The highest BCUT2D eigenvalue weighted by Gasteiger charge is 2.44. The predicted molar refractivity (Wildman–Crippen MR) is 77.5 cm³/mol. The highest BCUT2D eigenvalue weighted by atomic mass is 16.3. The van der Waals surface area contributed by atoms with Gasteiger partial charge >= 0.3 is 0 Å². The minimum Gasteiger partial charge on any atom is -0.503 e. The van der Waals surface area contributed by atoms with Crippen LogP contribution in [0.2, 0.25) is 0 Å². The average Bonchev–Trinajstić information content (AvgIpc) is 3.00. The van der Waals surface area contributed by atoms with Crippen LogP contribution in [0.25, 0.3) is 0 Å². The quantitative estimate of drug-likeness (QED) is 0.817. The molecule has 1 aliphatic heterocycles. The van der Waals surface area contributed by atoms with E-state index in [1.807, 2.05) is 13.8 Å². The minimum absolute atomic E-state index is 0.116. The smallest absolute Gasteiger partial charge is 0.290 e. The van der Waals surface area contributed by atoms with Gasteiger partial charge in [-0.3, -0.25) is 9.59 Å². The van der Waals surface area contributed by atoms with Crippen molar-refractivity contribution in [2.75, 3.05) is 6.54 Å². The Morgan fingerprint density at radius 3 is 2.81 bits per heavy atom. The van der Waals surface area contributed by atoms with Crippen molar-refractivity contribution in [3.05, 3.63) is 48.1 Å². The Hall–Kier alpha value is -2.30. The standard InChI is InChI=1S/C16H19NO4/c1-4-7-17-14(12-6-5-8-21-12)13(15(19)16(17)20)11(18)9-10(2)3/h4-6,8,10,14,19H,1,7,9H2,2-3H3. The van der Waals surface area contributed by atoms with Crippen molar-refractivity contribution in [1.82, 2.24) is 4.90 Å². The Balaban J connectivity index is 2.45. The van der Waals surface area contributed by atoms with Crippen molar-refractivity contribution in [2.24, 2.45) is 5.92 Å². The molecule has 0 bridgehead atoms. The molecule has 0 saturated carbocycles. The molecule has 0 aromatic carbocycles. The van der Waals surface area contributed by atoms with Crippen LogP contribution in [0.15, 0.2) is 46.8 Å². The van der Waals surface area contributed by atoms with E-state index in [0.29, 0.717) is 5.76 Å². The molecule has 1 aromatic heterocycles. The predicted octanol–water partition coefficient (Wildman–Crippen LogP) is 2.78. The van der Waals surface area contributed by atoms with Crippen molar-refractivity contribution in [1.29, 1.82) is 0 Å². The van der Waals surface area contributed by atoms with Crippen LogP contribution in [-0.4, -0.2) is 28.2 Å². The summed E-state index contributed by atoms with van der Waals surface area (Å²) < 4.78 is 5.35.